The molecule has 3 aliphatic rings. The molecule has 11 rings (SSSR count). The first-order chi connectivity index (χ1) is 21.4. The number of anilines is 1. The maximum Gasteiger partial charge on any atom is 0.162 e. The number of rotatable bonds is 1. The second-order valence-electron chi connectivity index (χ2n) is 11.9. The van der Waals surface area contributed by atoms with Crippen LogP contribution < -0.4 is 5.32 Å². The first-order valence-electron chi connectivity index (χ1n) is 15.0. The molecule has 0 radical (unpaired) electrons. The number of para-hydroxylation sites is 3. The van der Waals surface area contributed by atoms with Gasteiger partial charge in [0.2, 0.25) is 0 Å². The van der Waals surface area contributed by atoms with Crippen molar-refractivity contribution < 1.29 is 0 Å². The van der Waals surface area contributed by atoms with Crippen molar-refractivity contribution in [1.29, 1.82) is 0 Å². The van der Waals surface area contributed by atoms with Crippen LogP contribution in [0.4, 0.5) is 11.5 Å². The molecule has 0 saturated carbocycles. The minimum Gasteiger partial charge on any atom is -0.370 e. The van der Waals surface area contributed by atoms with E-state index in [1.165, 1.54) is 75.2 Å². The van der Waals surface area contributed by atoms with Crippen molar-refractivity contribution in [2.24, 2.45) is 4.99 Å². The van der Waals surface area contributed by atoms with Crippen LogP contribution in [0.15, 0.2) is 108 Å². The van der Waals surface area contributed by atoms with E-state index >= 15 is 0 Å². The quantitative estimate of drug-likeness (QED) is 0.210. The third-order valence-electron chi connectivity index (χ3n) is 9.66. The molecule has 4 nitrogen and oxygen atoms in total. The highest BCUT2D eigenvalue weighted by atomic mass is 32.1. The van der Waals surface area contributed by atoms with Crippen molar-refractivity contribution in [2.75, 3.05) is 5.32 Å². The minimum atomic E-state index is 0.0909. The Bertz CT molecular complexity index is 2640. The lowest BCUT2D eigenvalue weighted by molar-refractivity contribution is 1.02. The highest BCUT2D eigenvalue weighted by Crippen LogP contribution is 2.54. The summed E-state index contributed by atoms with van der Waals surface area (Å²) in [6, 6.07) is 26.7. The Kier molecular flexibility index (Phi) is 4.09. The molecule has 202 valence electrons. The van der Waals surface area contributed by atoms with Crippen LogP contribution in [0.2, 0.25) is 0 Å². The predicted octanol–water partition coefficient (Wildman–Crippen LogP) is 9.95. The standard InChI is InChI=1S/C38H24N4S/c1-2-11-21(12-3-1)41-28-19-8-4-13-22(28)30-31-23-14-5-9-20-29(23)43-37(31)32-24-15-10-16-25-33-38(42(34(24)25)36(32)35(30)41)40-27-18-7-6-17-26(27)39-33/h1-8,10-19,26,39H,9,20H2. The van der Waals surface area contributed by atoms with E-state index in [1.54, 1.807) is 0 Å². The van der Waals surface area contributed by atoms with Crippen LogP contribution in [0, 0.1) is 0 Å². The Morgan fingerprint density at radius 2 is 1.63 bits per heavy atom. The van der Waals surface area contributed by atoms with Crippen LogP contribution in [0.25, 0.3) is 70.8 Å². The number of hydrogen-bond donors (Lipinski definition) is 1. The van der Waals surface area contributed by atoms with E-state index in [0.29, 0.717) is 0 Å². The van der Waals surface area contributed by atoms with Crippen molar-refractivity contribution >= 4 is 93.7 Å². The summed E-state index contributed by atoms with van der Waals surface area (Å²) in [5.41, 5.74) is 9.76. The number of benzene rings is 4. The summed E-state index contributed by atoms with van der Waals surface area (Å²) in [5.74, 6) is 0.999. The van der Waals surface area contributed by atoms with Gasteiger partial charge in [0.25, 0.3) is 0 Å². The van der Waals surface area contributed by atoms with Crippen molar-refractivity contribution in [2.45, 2.75) is 18.9 Å². The molecule has 0 saturated heterocycles. The number of hydrogen-bond acceptors (Lipinski definition) is 3. The largest absolute Gasteiger partial charge is 0.370 e. The van der Waals surface area contributed by atoms with Gasteiger partial charge in [-0.05, 0) is 42.7 Å². The SMILES string of the molecule is C1=CC2=Nc3c(c4cccc5c6c7sc8c(c7c7c9ccccc9n(-c9ccccc9)c7c6n3c45)C=CCC8)NC2C=C1. The van der Waals surface area contributed by atoms with Gasteiger partial charge in [-0.2, -0.15) is 0 Å². The van der Waals surface area contributed by atoms with Crippen LogP contribution in [0.5, 0.6) is 0 Å². The van der Waals surface area contributed by atoms with E-state index < -0.39 is 0 Å². The zero-order chi connectivity index (χ0) is 27.8. The van der Waals surface area contributed by atoms with Crippen molar-refractivity contribution in [3.8, 4) is 5.69 Å². The first-order valence-corrected chi connectivity index (χ1v) is 15.8. The monoisotopic (exact) mass is 568 g/mol. The number of nitrogens with zero attached hydrogens (tertiary/aromatic N) is 3. The van der Waals surface area contributed by atoms with Crippen LogP contribution in [-0.4, -0.2) is 20.7 Å². The normalized spacial score (nSPS) is 17.4. The zero-order valence-electron chi connectivity index (χ0n) is 23.1. The van der Waals surface area contributed by atoms with Crippen molar-refractivity contribution in [1.82, 2.24) is 8.97 Å². The second-order valence-corrected chi connectivity index (χ2v) is 13.0. The molecule has 0 spiro atoms. The van der Waals surface area contributed by atoms with E-state index in [9.17, 15) is 0 Å². The number of fused-ring (bicyclic) bond motifs is 16. The maximum atomic E-state index is 5.38. The number of nitrogens with one attached hydrogen (secondary N) is 1. The van der Waals surface area contributed by atoms with E-state index in [-0.39, 0.29) is 6.04 Å². The minimum absolute atomic E-state index is 0.0909. The Hall–Kier alpha value is -5.13. The lowest BCUT2D eigenvalue weighted by Gasteiger charge is -2.23. The fraction of sp³-hybridized carbons (Fsp3) is 0.0789. The van der Waals surface area contributed by atoms with Gasteiger partial charge in [-0.1, -0.05) is 85.0 Å². The molecule has 43 heavy (non-hydrogen) atoms. The molecule has 0 amide bonds. The van der Waals surface area contributed by atoms with Gasteiger partial charge < -0.3 is 9.88 Å². The molecule has 8 aromatic rings. The van der Waals surface area contributed by atoms with Gasteiger partial charge in [-0.3, -0.25) is 4.40 Å². The summed E-state index contributed by atoms with van der Waals surface area (Å²) in [7, 11) is 0. The average molecular weight is 569 g/mol. The average Bonchev–Trinajstić information content (AvgIpc) is 3.79. The molecular formula is C38H24N4S. The van der Waals surface area contributed by atoms with Crippen molar-refractivity contribution in [3.63, 3.8) is 0 Å². The van der Waals surface area contributed by atoms with E-state index in [1.807, 2.05) is 11.3 Å². The Morgan fingerprint density at radius 3 is 2.58 bits per heavy atom. The lowest BCUT2D eigenvalue weighted by Crippen LogP contribution is -2.29. The highest BCUT2D eigenvalue weighted by molar-refractivity contribution is 7.20. The molecule has 4 aromatic carbocycles. The molecule has 2 aliphatic carbocycles. The van der Waals surface area contributed by atoms with Crippen LogP contribution in [-0.2, 0) is 6.42 Å². The van der Waals surface area contributed by atoms with Crippen LogP contribution in [0.1, 0.15) is 16.9 Å². The Morgan fingerprint density at radius 1 is 0.767 bits per heavy atom. The molecule has 4 aromatic heterocycles. The number of aromatic nitrogens is 2. The Labute approximate surface area is 250 Å². The molecule has 1 atom stereocenters. The van der Waals surface area contributed by atoms with Crippen molar-refractivity contribution in [3.05, 3.63) is 114 Å². The molecule has 1 aliphatic heterocycles. The predicted molar refractivity (Wildman–Crippen MR) is 183 cm³/mol. The topological polar surface area (TPSA) is 33.7 Å². The van der Waals surface area contributed by atoms with Crippen LogP contribution >= 0.6 is 11.3 Å². The van der Waals surface area contributed by atoms with E-state index in [4.69, 9.17) is 4.99 Å². The maximum absolute atomic E-state index is 5.38. The number of aliphatic imine (C=N–C) groups is 1. The smallest absolute Gasteiger partial charge is 0.162 e. The third kappa shape index (κ3) is 2.66. The fourth-order valence-corrected chi connectivity index (χ4v) is 9.35. The highest BCUT2D eigenvalue weighted by Gasteiger charge is 2.32. The summed E-state index contributed by atoms with van der Waals surface area (Å²) < 4.78 is 6.38. The van der Waals surface area contributed by atoms with Gasteiger partial charge in [0, 0.05) is 47.6 Å². The summed E-state index contributed by atoms with van der Waals surface area (Å²) in [4.78, 5) is 6.88. The van der Waals surface area contributed by atoms with Gasteiger partial charge in [0.05, 0.1) is 39.5 Å². The lowest BCUT2D eigenvalue weighted by atomic mass is 9.97. The fourth-order valence-electron chi connectivity index (χ4n) is 7.98. The first kappa shape index (κ1) is 22.5. The summed E-state index contributed by atoms with van der Waals surface area (Å²) >= 11 is 2.00. The summed E-state index contributed by atoms with van der Waals surface area (Å²) in [5, 5.41) is 11.8. The summed E-state index contributed by atoms with van der Waals surface area (Å²) in [6.45, 7) is 0. The summed E-state index contributed by atoms with van der Waals surface area (Å²) in [6.07, 6.45) is 15.5. The van der Waals surface area contributed by atoms with Gasteiger partial charge in [0.1, 0.15) is 0 Å². The van der Waals surface area contributed by atoms with Gasteiger partial charge in [-0.15, -0.1) is 11.3 Å². The van der Waals surface area contributed by atoms with Crippen LogP contribution in [0.3, 0.4) is 0 Å². The number of allylic oxidation sites excluding steroid dienone is 3. The van der Waals surface area contributed by atoms with Gasteiger partial charge in [0.15, 0.2) is 5.82 Å². The molecule has 0 bridgehead atoms. The molecule has 1 unspecified atom stereocenters. The number of thiophene rings is 1. The zero-order valence-corrected chi connectivity index (χ0v) is 24.0. The molecular weight excluding hydrogens is 545 g/mol. The number of aryl methyl sites for hydroxylation is 1. The van der Waals surface area contributed by atoms with E-state index in [0.717, 1.165) is 30.1 Å². The second kappa shape index (κ2) is 7.82. The Balaban J connectivity index is 1.48. The molecule has 0 fully saturated rings. The van der Waals surface area contributed by atoms with Gasteiger partial charge >= 0.3 is 0 Å². The van der Waals surface area contributed by atoms with Gasteiger partial charge in [-0.25, -0.2) is 4.99 Å². The third-order valence-corrected chi connectivity index (χ3v) is 10.9. The molecule has 5 heterocycles. The molecule has 1 N–H and O–H groups in total. The van der Waals surface area contributed by atoms with E-state index in [2.05, 4.69) is 124 Å². The molecule has 5 heteroatoms.